The van der Waals surface area contributed by atoms with Crippen LogP contribution in [0.15, 0.2) is 274 Å². The van der Waals surface area contributed by atoms with Gasteiger partial charge >= 0.3 is 0 Å². The van der Waals surface area contributed by atoms with Crippen molar-refractivity contribution in [2.45, 2.75) is 5.41 Å². The van der Waals surface area contributed by atoms with Crippen LogP contribution >= 0.6 is 0 Å². The Hall–Kier alpha value is -11.4. The fourth-order valence-corrected chi connectivity index (χ4v) is 14.8. The van der Waals surface area contributed by atoms with Crippen molar-refractivity contribution in [2.75, 3.05) is 0 Å². The monoisotopic (exact) mass is 1070 g/mol. The number of hydrogen-bond donors (Lipinski definition) is 0. The Bertz CT molecular complexity index is 5540. The van der Waals surface area contributed by atoms with Crippen LogP contribution in [0.3, 0.4) is 0 Å². The van der Waals surface area contributed by atoms with Gasteiger partial charge in [-0.3, -0.25) is 15.0 Å². The van der Waals surface area contributed by atoms with Crippen LogP contribution in [0.1, 0.15) is 22.3 Å². The predicted octanol–water partition coefficient (Wildman–Crippen LogP) is 18.4. The molecule has 390 valence electrons. The first-order valence-corrected chi connectivity index (χ1v) is 28.6. The number of aromatic nitrogens is 7. The molecule has 1 atom stereocenters. The number of nitrogens with zero attached hydrogens (tertiary/aromatic N) is 7. The molecule has 8 heteroatoms. The first kappa shape index (κ1) is 45.4. The minimum absolute atomic E-state index is 0.781. The molecule has 2 aliphatic rings. The summed E-state index contributed by atoms with van der Waals surface area (Å²) in [6.45, 7) is 0. The van der Waals surface area contributed by atoms with Gasteiger partial charge in [-0.2, -0.15) is 0 Å². The molecule has 8 heterocycles. The molecule has 1 aliphatic heterocycles. The summed E-state index contributed by atoms with van der Waals surface area (Å²) in [6.07, 6.45) is 7.89. The Balaban J connectivity index is 0.827. The molecule has 1 aliphatic carbocycles. The van der Waals surface area contributed by atoms with Gasteiger partial charge in [0, 0.05) is 77.7 Å². The summed E-state index contributed by atoms with van der Waals surface area (Å²) in [5.74, 6) is 1.56. The molecule has 10 aromatic carbocycles. The van der Waals surface area contributed by atoms with Gasteiger partial charge in [0.1, 0.15) is 11.5 Å². The van der Waals surface area contributed by atoms with Crippen molar-refractivity contribution in [2.24, 2.45) is 0 Å². The van der Waals surface area contributed by atoms with E-state index in [1.165, 1.54) is 32.3 Å². The van der Waals surface area contributed by atoms with Crippen molar-refractivity contribution in [1.29, 1.82) is 0 Å². The molecule has 19 rings (SSSR count). The standard InChI is InChI=1S/C76H45N7O/c1-8-24-64-52(16-1)53-17-2-9-25-65(53)80(64)48-33-34-60-73(42-48)84-72-36-32-47(39-62(72)76(60)61-23-15-37-78-74(61)75-63(76)41-51(45-79-75)83-68-28-12-5-20-56(68)57-21-6-13-29-69(57)83)46-31-35-71-59(38-46)58-22-7-14-30-70(58)82(71)50-40-49(43-77-44-50)81-66-26-10-3-18-54(66)55-19-4-11-27-67(55)81/h1-45H. The molecule has 8 nitrogen and oxygen atoms in total. The van der Waals surface area contributed by atoms with Crippen molar-refractivity contribution in [1.82, 2.24) is 33.2 Å². The number of ether oxygens (including phenoxy) is 1. The van der Waals surface area contributed by atoms with Gasteiger partial charge in [0.15, 0.2) is 0 Å². The molecule has 0 N–H and O–H groups in total. The molecule has 0 bridgehead atoms. The van der Waals surface area contributed by atoms with Gasteiger partial charge in [-0.15, -0.1) is 0 Å². The Labute approximate surface area is 480 Å². The van der Waals surface area contributed by atoms with E-state index in [1.807, 2.05) is 24.8 Å². The lowest BCUT2D eigenvalue weighted by Gasteiger charge is -2.39. The second-order valence-electron chi connectivity index (χ2n) is 22.3. The third-order valence-electron chi connectivity index (χ3n) is 18.2. The second kappa shape index (κ2) is 16.9. The highest BCUT2D eigenvalue weighted by molar-refractivity contribution is 6.13. The zero-order chi connectivity index (χ0) is 54.8. The third-order valence-corrected chi connectivity index (χ3v) is 18.2. The fourth-order valence-electron chi connectivity index (χ4n) is 14.8. The summed E-state index contributed by atoms with van der Waals surface area (Å²) in [6, 6.07) is 90.2. The van der Waals surface area contributed by atoms with E-state index in [0.717, 1.165) is 134 Å². The van der Waals surface area contributed by atoms with E-state index < -0.39 is 5.41 Å². The van der Waals surface area contributed by atoms with Crippen molar-refractivity contribution in [3.63, 3.8) is 0 Å². The van der Waals surface area contributed by atoms with Gasteiger partial charge in [0.25, 0.3) is 0 Å². The molecule has 7 aromatic heterocycles. The quantitative estimate of drug-likeness (QED) is 0.172. The van der Waals surface area contributed by atoms with Crippen LogP contribution < -0.4 is 4.74 Å². The van der Waals surface area contributed by atoms with E-state index in [9.17, 15) is 0 Å². The fraction of sp³-hybridized carbons (Fsp3) is 0.0132. The molecule has 0 saturated carbocycles. The number of rotatable bonds is 5. The maximum Gasteiger partial charge on any atom is 0.134 e. The number of benzene rings is 10. The largest absolute Gasteiger partial charge is 0.457 e. The average molecular weight is 1070 g/mol. The molecule has 0 fully saturated rings. The van der Waals surface area contributed by atoms with E-state index in [1.54, 1.807) is 0 Å². The van der Waals surface area contributed by atoms with Crippen LogP contribution in [0.25, 0.3) is 132 Å². The number of fused-ring (bicyclic) bond motifs is 21. The van der Waals surface area contributed by atoms with Crippen LogP contribution in [-0.2, 0) is 5.41 Å². The number of pyridine rings is 3. The molecule has 84 heavy (non-hydrogen) atoms. The molecular formula is C76H45N7O. The van der Waals surface area contributed by atoms with Crippen LogP contribution in [0, 0.1) is 0 Å². The van der Waals surface area contributed by atoms with Crippen molar-refractivity contribution in [3.8, 4) is 56.8 Å². The van der Waals surface area contributed by atoms with Gasteiger partial charge < -0.3 is 23.0 Å². The number of para-hydroxylation sites is 7. The van der Waals surface area contributed by atoms with Gasteiger partial charge in [0.05, 0.1) is 96.6 Å². The minimum atomic E-state index is -0.895. The van der Waals surface area contributed by atoms with Crippen molar-refractivity contribution >= 4 is 87.2 Å². The summed E-state index contributed by atoms with van der Waals surface area (Å²) < 4.78 is 16.8. The smallest absolute Gasteiger partial charge is 0.134 e. The third kappa shape index (κ3) is 6.02. The Morgan fingerprint density at radius 1 is 0.274 bits per heavy atom. The highest BCUT2D eigenvalue weighted by Gasteiger charge is 2.53. The van der Waals surface area contributed by atoms with Crippen molar-refractivity contribution < 1.29 is 4.74 Å². The van der Waals surface area contributed by atoms with Crippen LogP contribution in [0.4, 0.5) is 0 Å². The average Bonchev–Trinajstić information content (AvgIpc) is 3.06. The lowest BCUT2D eigenvalue weighted by Crippen LogP contribution is -2.32. The molecule has 0 saturated heterocycles. The highest BCUT2D eigenvalue weighted by Crippen LogP contribution is 2.62. The molecule has 0 radical (unpaired) electrons. The molecule has 17 aromatic rings. The topological polar surface area (TPSA) is 67.6 Å². The lowest BCUT2D eigenvalue weighted by atomic mass is 9.66. The zero-order valence-corrected chi connectivity index (χ0v) is 45.0. The van der Waals surface area contributed by atoms with Crippen LogP contribution in [-0.4, -0.2) is 33.2 Å². The SMILES string of the molecule is c1cnc2c(c1)C1(c3ccc(-n4c5ccccc5c5ccccc54)cc3Oc3ccc(-c4ccc5c(c4)c4ccccc4n5-c4cncc(-n5c6ccccc6c6ccccc65)c4)cc31)c1cc(-n3c4ccccc4c4ccccc43)cnc1-2. The van der Waals surface area contributed by atoms with E-state index in [-0.39, 0.29) is 0 Å². The van der Waals surface area contributed by atoms with E-state index in [4.69, 9.17) is 19.7 Å². The van der Waals surface area contributed by atoms with Crippen molar-refractivity contribution in [3.05, 3.63) is 296 Å². The summed E-state index contributed by atoms with van der Waals surface area (Å²) in [7, 11) is 0. The molecular weight excluding hydrogens is 1030 g/mol. The molecule has 1 unspecified atom stereocenters. The highest BCUT2D eigenvalue weighted by atomic mass is 16.5. The summed E-state index contributed by atoms with van der Waals surface area (Å²) in [5.41, 5.74) is 20.2. The maximum atomic E-state index is 7.36. The lowest BCUT2D eigenvalue weighted by molar-refractivity contribution is 0.436. The first-order valence-electron chi connectivity index (χ1n) is 28.6. The summed E-state index contributed by atoms with van der Waals surface area (Å²) in [5, 5.41) is 9.56. The Morgan fingerprint density at radius 3 is 1.25 bits per heavy atom. The summed E-state index contributed by atoms with van der Waals surface area (Å²) in [4.78, 5) is 15.6. The first-order chi connectivity index (χ1) is 41.7. The Morgan fingerprint density at radius 2 is 0.714 bits per heavy atom. The predicted molar refractivity (Wildman–Crippen MR) is 340 cm³/mol. The van der Waals surface area contributed by atoms with Crippen LogP contribution in [0.2, 0.25) is 0 Å². The van der Waals surface area contributed by atoms with Crippen LogP contribution in [0.5, 0.6) is 11.5 Å². The molecule has 1 spiro atoms. The second-order valence-corrected chi connectivity index (χ2v) is 22.3. The number of hydrogen-bond acceptors (Lipinski definition) is 4. The molecule has 0 amide bonds. The normalized spacial score (nSPS) is 14.3. The van der Waals surface area contributed by atoms with E-state index >= 15 is 0 Å². The van der Waals surface area contributed by atoms with E-state index in [2.05, 4.69) is 267 Å². The van der Waals surface area contributed by atoms with E-state index in [0.29, 0.717) is 0 Å². The van der Waals surface area contributed by atoms with Gasteiger partial charge in [-0.25, -0.2) is 0 Å². The van der Waals surface area contributed by atoms with Gasteiger partial charge in [-0.1, -0.05) is 152 Å². The minimum Gasteiger partial charge on any atom is -0.457 e. The Kier molecular flexibility index (Phi) is 9.11. The van der Waals surface area contributed by atoms with Gasteiger partial charge in [0.2, 0.25) is 0 Å². The van der Waals surface area contributed by atoms with Gasteiger partial charge in [-0.05, 0) is 108 Å². The zero-order valence-electron chi connectivity index (χ0n) is 45.0. The maximum absolute atomic E-state index is 7.36. The summed E-state index contributed by atoms with van der Waals surface area (Å²) >= 11 is 0.